The highest BCUT2D eigenvalue weighted by Gasteiger charge is 2.41. The summed E-state index contributed by atoms with van der Waals surface area (Å²) in [5.41, 5.74) is 0. The van der Waals surface area contributed by atoms with Crippen molar-refractivity contribution in [2.75, 3.05) is 12.3 Å². The minimum Gasteiger partial charge on any atom is -0.323 e. The van der Waals surface area contributed by atoms with Crippen molar-refractivity contribution >= 4 is 25.3 Å². The average molecular weight is 365 g/mol. The molecule has 0 fully saturated rings. The largest absolute Gasteiger partial charge is 0.346 e. The Labute approximate surface area is 121 Å². The SMILES string of the molecule is C=CC(N(CCS(=O)(=O)O)C(C=C)P(=O)(O)O)P(=O)(O)O. The predicted octanol–water partition coefficient (Wildman–Crippen LogP) is -0.444. The van der Waals surface area contributed by atoms with Gasteiger partial charge in [-0.05, 0) is 0 Å². The van der Waals surface area contributed by atoms with E-state index in [1.54, 1.807) is 0 Å². The lowest BCUT2D eigenvalue weighted by Crippen LogP contribution is -2.43. The Bertz CT molecular complexity index is 543. The van der Waals surface area contributed by atoms with Crippen molar-refractivity contribution in [1.82, 2.24) is 4.90 Å². The zero-order chi connectivity index (χ0) is 17.1. The van der Waals surface area contributed by atoms with Crippen LogP contribution in [0.1, 0.15) is 0 Å². The van der Waals surface area contributed by atoms with E-state index in [1.807, 2.05) is 0 Å². The Morgan fingerprint density at radius 2 is 1.33 bits per heavy atom. The van der Waals surface area contributed by atoms with Gasteiger partial charge in [-0.25, -0.2) is 0 Å². The van der Waals surface area contributed by atoms with Gasteiger partial charge in [-0.3, -0.25) is 18.6 Å². The van der Waals surface area contributed by atoms with Gasteiger partial charge in [0, 0.05) is 6.54 Å². The summed E-state index contributed by atoms with van der Waals surface area (Å²) in [6.45, 7) is 5.57. The second-order valence-electron chi connectivity index (χ2n) is 4.00. The molecule has 21 heavy (non-hydrogen) atoms. The van der Waals surface area contributed by atoms with Crippen LogP contribution >= 0.6 is 15.2 Å². The molecule has 2 atom stereocenters. The first kappa shape index (κ1) is 20.6. The van der Waals surface area contributed by atoms with Crippen LogP contribution in [0.25, 0.3) is 0 Å². The molecule has 0 spiro atoms. The predicted molar refractivity (Wildman–Crippen MR) is 75.2 cm³/mol. The van der Waals surface area contributed by atoms with Crippen LogP contribution in [0.5, 0.6) is 0 Å². The first-order valence-corrected chi connectivity index (χ1v) is 10.3. The second kappa shape index (κ2) is 7.28. The van der Waals surface area contributed by atoms with Crippen molar-refractivity contribution in [3.63, 3.8) is 0 Å². The van der Waals surface area contributed by atoms with E-state index < -0.39 is 49.2 Å². The van der Waals surface area contributed by atoms with E-state index in [4.69, 9.17) is 4.55 Å². The summed E-state index contributed by atoms with van der Waals surface area (Å²) in [7, 11) is -14.3. The third-order valence-electron chi connectivity index (χ3n) is 2.40. The van der Waals surface area contributed by atoms with Crippen molar-refractivity contribution in [3.8, 4) is 0 Å². The van der Waals surface area contributed by atoms with Gasteiger partial charge >= 0.3 is 15.2 Å². The highest BCUT2D eigenvalue weighted by Crippen LogP contribution is 2.50. The molecular formula is C8H17NO9P2S. The molecule has 0 aromatic rings. The molecule has 10 nitrogen and oxygen atoms in total. The van der Waals surface area contributed by atoms with Crippen LogP contribution in [0, 0.1) is 0 Å². The highest BCUT2D eigenvalue weighted by atomic mass is 32.2. The zero-order valence-electron chi connectivity index (χ0n) is 10.8. The summed E-state index contributed by atoms with van der Waals surface area (Å²) >= 11 is 0. The third-order valence-corrected chi connectivity index (χ3v) is 5.49. The lowest BCUT2D eigenvalue weighted by Gasteiger charge is -2.34. The van der Waals surface area contributed by atoms with Crippen LogP contribution < -0.4 is 0 Å². The monoisotopic (exact) mass is 365 g/mol. The molecule has 0 radical (unpaired) electrons. The molecule has 0 saturated carbocycles. The molecule has 0 bridgehead atoms. The zero-order valence-corrected chi connectivity index (χ0v) is 13.4. The topological polar surface area (TPSA) is 173 Å². The highest BCUT2D eigenvalue weighted by molar-refractivity contribution is 7.85. The molecule has 0 heterocycles. The first-order valence-electron chi connectivity index (χ1n) is 5.30. The minimum atomic E-state index is -4.91. The summed E-state index contributed by atoms with van der Waals surface area (Å²) in [6, 6.07) is 0. The third kappa shape index (κ3) is 6.96. The fourth-order valence-electron chi connectivity index (χ4n) is 1.57. The molecule has 5 N–H and O–H groups in total. The van der Waals surface area contributed by atoms with Crippen LogP contribution in [-0.4, -0.2) is 61.3 Å². The summed E-state index contributed by atoms with van der Waals surface area (Å²) in [5.74, 6) is -4.69. The maximum atomic E-state index is 11.4. The van der Waals surface area contributed by atoms with Crippen LogP contribution in [0.3, 0.4) is 0 Å². The van der Waals surface area contributed by atoms with E-state index in [1.165, 1.54) is 0 Å². The van der Waals surface area contributed by atoms with Crippen molar-refractivity contribution in [2.24, 2.45) is 0 Å². The van der Waals surface area contributed by atoms with Crippen LogP contribution in [0.15, 0.2) is 25.3 Å². The lowest BCUT2D eigenvalue weighted by molar-refractivity contribution is 0.224. The number of hydrogen-bond donors (Lipinski definition) is 5. The van der Waals surface area contributed by atoms with Gasteiger partial charge in [-0.15, -0.1) is 13.2 Å². The second-order valence-corrected chi connectivity index (χ2v) is 8.99. The molecule has 124 valence electrons. The van der Waals surface area contributed by atoms with E-state index in [0.717, 1.165) is 12.2 Å². The van der Waals surface area contributed by atoms with Gasteiger partial charge in [0.2, 0.25) is 0 Å². The quantitative estimate of drug-likeness (QED) is 0.205. The molecular weight excluding hydrogens is 348 g/mol. The smallest absolute Gasteiger partial charge is 0.323 e. The van der Waals surface area contributed by atoms with Crippen LogP contribution in [0.2, 0.25) is 0 Å². The van der Waals surface area contributed by atoms with Gasteiger partial charge in [-0.2, -0.15) is 8.42 Å². The van der Waals surface area contributed by atoms with E-state index >= 15 is 0 Å². The van der Waals surface area contributed by atoms with Gasteiger partial charge < -0.3 is 19.6 Å². The van der Waals surface area contributed by atoms with E-state index in [-0.39, 0.29) is 0 Å². The van der Waals surface area contributed by atoms with E-state index in [2.05, 4.69) is 13.2 Å². The number of rotatable bonds is 9. The molecule has 0 saturated heterocycles. The van der Waals surface area contributed by atoms with Crippen LogP contribution in [0.4, 0.5) is 0 Å². The van der Waals surface area contributed by atoms with Crippen molar-refractivity contribution < 1.29 is 41.7 Å². The normalized spacial score (nSPS) is 16.5. The standard InChI is InChI=1S/C8H17NO9P2S/c1-3-7(19(10,11)12)9(5-6-21(16,17)18)8(4-2)20(13,14)15/h3-4,7-8H,1-2,5-6H2,(H2,10,11,12)(H2,13,14,15)(H,16,17,18). The Morgan fingerprint density at radius 1 is 1.00 bits per heavy atom. The fraction of sp³-hybridized carbons (Fsp3) is 0.500. The Morgan fingerprint density at radius 3 is 1.52 bits per heavy atom. The summed E-state index contributed by atoms with van der Waals surface area (Å²) in [4.78, 5) is 37.3. The first-order chi connectivity index (χ1) is 9.24. The summed E-state index contributed by atoms with van der Waals surface area (Å²) in [6.07, 6.45) is 1.47. The number of nitrogens with zero attached hydrogens (tertiary/aromatic N) is 1. The maximum absolute atomic E-state index is 11.4. The molecule has 0 aromatic carbocycles. The Hall–Kier alpha value is -0.350. The van der Waals surface area contributed by atoms with E-state index in [0.29, 0.717) is 4.90 Å². The molecule has 0 amide bonds. The van der Waals surface area contributed by atoms with Crippen molar-refractivity contribution in [1.29, 1.82) is 0 Å². The van der Waals surface area contributed by atoms with Gasteiger partial charge in [0.1, 0.15) is 11.6 Å². The minimum absolute atomic E-state index is 0.537. The molecule has 13 heteroatoms. The molecule has 0 aliphatic heterocycles. The fourth-order valence-corrected chi connectivity index (χ4v) is 3.96. The molecule has 0 aliphatic rings. The lowest BCUT2D eigenvalue weighted by atomic mass is 10.4. The Kier molecular flexibility index (Phi) is 7.15. The molecule has 0 rings (SSSR count). The molecule has 0 aromatic heterocycles. The summed E-state index contributed by atoms with van der Waals surface area (Å²) < 4.78 is 52.9. The molecule has 2 unspecified atom stereocenters. The van der Waals surface area contributed by atoms with Gasteiger partial charge in [0.15, 0.2) is 0 Å². The van der Waals surface area contributed by atoms with Gasteiger partial charge in [-0.1, -0.05) is 12.2 Å². The van der Waals surface area contributed by atoms with Crippen molar-refractivity contribution in [3.05, 3.63) is 25.3 Å². The Balaban J connectivity index is 5.76. The van der Waals surface area contributed by atoms with E-state index in [9.17, 15) is 37.1 Å². The molecule has 0 aliphatic carbocycles. The summed E-state index contributed by atoms with van der Waals surface area (Å²) in [5, 5.41) is 0. The maximum Gasteiger partial charge on any atom is 0.346 e. The van der Waals surface area contributed by atoms with Crippen molar-refractivity contribution in [2.45, 2.75) is 11.6 Å². The van der Waals surface area contributed by atoms with Crippen LogP contribution in [-0.2, 0) is 19.2 Å². The van der Waals surface area contributed by atoms with Gasteiger partial charge in [0.25, 0.3) is 10.1 Å². The van der Waals surface area contributed by atoms with Gasteiger partial charge in [0.05, 0.1) is 5.75 Å². The average Bonchev–Trinajstić information content (AvgIpc) is 2.21. The number of hydrogen-bond acceptors (Lipinski definition) is 5.